The van der Waals surface area contributed by atoms with Crippen molar-refractivity contribution in [2.75, 3.05) is 13.7 Å². The third-order valence-corrected chi connectivity index (χ3v) is 6.51. The number of rotatable bonds is 3. The molecule has 0 saturated carbocycles. The smallest absolute Gasteiger partial charge is 0.331 e. The number of benzene rings is 2. The Morgan fingerprint density at radius 3 is 2.42 bits per heavy atom. The van der Waals surface area contributed by atoms with Crippen molar-refractivity contribution in [2.45, 2.75) is 25.5 Å². The normalized spacial score (nSPS) is 17.2. The summed E-state index contributed by atoms with van der Waals surface area (Å²) >= 11 is 0. The molecule has 170 valence electrons. The molecular formula is C26H27N3O4. The quantitative estimate of drug-likeness (QED) is 0.484. The number of hydrogen-bond acceptors (Lipinski definition) is 4. The van der Waals surface area contributed by atoms with Gasteiger partial charge in [-0.1, -0.05) is 42.5 Å². The third-order valence-electron chi connectivity index (χ3n) is 6.51. The zero-order valence-corrected chi connectivity index (χ0v) is 19.5. The molecule has 3 heterocycles. The van der Waals surface area contributed by atoms with Crippen molar-refractivity contribution in [3.8, 4) is 17.0 Å². The molecule has 7 nitrogen and oxygen atoms in total. The Labute approximate surface area is 191 Å². The van der Waals surface area contributed by atoms with Crippen LogP contribution in [0.25, 0.3) is 22.2 Å². The molecule has 1 aliphatic rings. The van der Waals surface area contributed by atoms with Crippen LogP contribution in [0.4, 0.5) is 0 Å². The Hall–Kier alpha value is -3.58. The van der Waals surface area contributed by atoms with Gasteiger partial charge in [-0.05, 0) is 37.1 Å². The van der Waals surface area contributed by atoms with Gasteiger partial charge in [-0.15, -0.1) is 0 Å². The molecule has 2 aromatic carbocycles. The van der Waals surface area contributed by atoms with Crippen molar-refractivity contribution < 1.29 is 9.47 Å². The SMILES string of the molecule is COc1cccc(C2OCC(C)(C)n3c(-c4ccccc4)c4c(=O)n(C)c(=O)n(C)c4c32)c1. The van der Waals surface area contributed by atoms with Gasteiger partial charge in [0.25, 0.3) is 5.56 Å². The number of aromatic nitrogens is 3. The maximum Gasteiger partial charge on any atom is 0.331 e. The fourth-order valence-corrected chi connectivity index (χ4v) is 4.92. The maximum absolute atomic E-state index is 13.5. The van der Waals surface area contributed by atoms with Gasteiger partial charge in [0, 0.05) is 14.1 Å². The number of methoxy groups -OCH3 is 1. The topological polar surface area (TPSA) is 67.4 Å². The summed E-state index contributed by atoms with van der Waals surface area (Å²) in [7, 11) is 4.86. The van der Waals surface area contributed by atoms with E-state index in [0.717, 1.165) is 28.3 Å². The van der Waals surface area contributed by atoms with E-state index in [1.165, 1.54) is 11.6 Å². The van der Waals surface area contributed by atoms with Crippen LogP contribution in [0.3, 0.4) is 0 Å². The molecule has 0 bridgehead atoms. The summed E-state index contributed by atoms with van der Waals surface area (Å²) in [4.78, 5) is 26.5. The predicted molar refractivity (Wildman–Crippen MR) is 128 cm³/mol. The van der Waals surface area contributed by atoms with Crippen molar-refractivity contribution in [3.63, 3.8) is 0 Å². The molecule has 1 atom stereocenters. The highest BCUT2D eigenvalue weighted by molar-refractivity contribution is 5.96. The van der Waals surface area contributed by atoms with E-state index < -0.39 is 11.6 Å². The summed E-state index contributed by atoms with van der Waals surface area (Å²) in [6, 6.07) is 17.6. The van der Waals surface area contributed by atoms with Gasteiger partial charge >= 0.3 is 5.69 Å². The molecule has 1 aliphatic heterocycles. The fourth-order valence-electron chi connectivity index (χ4n) is 4.92. The molecule has 0 radical (unpaired) electrons. The summed E-state index contributed by atoms with van der Waals surface area (Å²) in [5.74, 6) is 0.719. The summed E-state index contributed by atoms with van der Waals surface area (Å²) in [5.41, 5.74) is 2.89. The lowest BCUT2D eigenvalue weighted by Crippen LogP contribution is -2.40. The molecule has 5 rings (SSSR count). The molecule has 0 amide bonds. The monoisotopic (exact) mass is 445 g/mol. The second-order valence-corrected chi connectivity index (χ2v) is 9.14. The number of aryl methyl sites for hydroxylation is 1. The molecular weight excluding hydrogens is 418 g/mol. The number of nitrogens with zero attached hydrogens (tertiary/aromatic N) is 3. The fraction of sp³-hybridized carbons (Fsp3) is 0.308. The standard InChI is InChI=1S/C26H27N3O4/c1-26(2)15-33-23(17-12-9-13-18(14-17)32-5)22-21-19(24(30)28(4)25(31)27(21)3)20(29(22)26)16-10-7-6-8-11-16/h6-14,23H,15H2,1-5H3. The van der Waals surface area contributed by atoms with Gasteiger partial charge in [0.2, 0.25) is 0 Å². The molecule has 0 spiro atoms. The van der Waals surface area contributed by atoms with Crippen LogP contribution >= 0.6 is 0 Å². The largest absolute Gasteiger partial charge is 0.497 e. The predicted octanol–water partition coefficient (Wildman–Crippen LogP) is 3.57. The number of fused-ring (bicyclic) bond motifs is 3. The van der Waals surface area contributed by atoms with Crippen molar-refractivity contribution in [2.24, 2.45) is 14.1 Å². The first-order valence-corrected chi connectivity index (χ1v) is 10.9. The maximum atomic E-state index is 13.5. The molecule has 0 aliphatic carbocycles. The minimum Gasteiger partial charge on any atom is -0.497 e. The van der Waals surface area contributed by atoms with Crippen molar-refractivity contribution in [1.82, 2.24) is 13.7 Å². The average molecular weight is 446 g/mol. The third kappa shape index (κ3) is 3.07. The molecule has 0 fully saturated rings. The minimum atomic E-state index is -0.467. The van der Waals surface area contributed by atoms with E-state index in [4.69, 9.17) is 9.47 Å². The lowest BCUT2D eigenvalue weighted by Gasteiger charge is -2.39. The summed E-state index contributed by atoms with van der Waals surface area (Å²) in [6.45, 7) is 4.62. The Morgan fingerprint density at radius 1 is 1.00 bits per heavy atom. The lowest BCUT2D eigenvalue weighted by molar-refractivity contribution is -0.00714. The van der Waals surface area contributed by atoms with E-state index in [1.54, 1.807) is 18.7 Å². The number of ether oxygens (including phenoxy) is 2. The van der Waals surface area contributed by atoms with E-state index in [0.29, 0.717) is 17.5 Å². The highest BCUT2D eigenvalue weighted by Gasteiger charge is 2.40. The molecule has 1 unspecified atom stereocenters. The Morgan fingerprint density at radius 2 is 1.73 bits per heavy atom. The van der Waals surface area contributed by atoms with Crippen molar-refractivity contribution >= 4 is 10.9 Å². The van der Waals surface area contributed by atoms with Gasteiger partial charge in [0.15, 0.2) is 0 Å². The molecule has 7 heteroatoms. The second-order valence-electron chi connectivity index (χ2n) is 9.14. The first kappa shape index (κ1) is 21.3. The Kier molecular flexibility index (Phi) is 4.83. The van der Waals surface area contributed by atoms with Crippen molar-refractivity contribution in [1.29, 1.82) is 0 Å². The Bertz CT molecular complexity index is 1490. The summed E-state index contributed by atoms with van der Waals surface area (Å²) in [6.07, 6.45) is -0.467. The molecule has 2 aromatic heterocycles. The van der Waals surface area contributed by atoms with Crippen LogP contribution in [0, 0.1) is 0 Å². The van der Waals surface area contributed by atoms with Crippen LogP contribution in [0.1, 0.15) is 31.2 Å². The molecule has 4 aromatic rings. The van der Waals surface area contributed by atoms with Gasteiger partial charge in [-0.3, -0.25) is 13.9 Å². The summed E-state index contributed by atoms with van der Waals surface area (Å²) < 4.78 is 16.8. The first-order chi connectivity index (χ1) is 15.8. The number of hydrogen-bond donors (Lipinski definition) is 0. The average Bonchev–Trinajstić information content (AvgIpc) is 3.20. The van der Waals surface area contributed by atoms with E-state index in [9.17, 15) is 9.59 Å². The molecule has 0 N–H and O–H groups in total. The Balaban J connectivity index is 1.99. The second kappa shape index (κ2) is 7.49. The van der Waals surface area contributed by atoms with Crippen LogP contribution in [0.5, 0.6) is 5.75 Å². The zero-order chi connectivity index (χ0) is 23.5. The first-order valence-electron chi connectivity index (χ1n) is 10.9. The van der Waals surface area contributed by atoms with Gasteiger partial charge < -0.3 is 14.0 Å². The molecule has 33 heavy (non-hydrogen) atoms. The van der Waals surface area contributed by atoms with Crippen molar-refractivity contribution in [3.05, 3.63) is 86.7 Å². The van der Waals surface area contributed by atoms with E-state index in [-0.39, 0.29) is 11.2 Å². The van der Waals surface area contributed by atoms with Crippen LogP contribution < -0.4 is 16.0 Å². The van der Waals surface area contributed by atoms with Crippen LogP contribution in [-0.2, 0) is 24.4 Å². The van der Waals surface area contributed by atoms with E-state index >= 15 is 0 Å². The van der Waals surface area contributed by atoms with Gasteiger partial charge in [0.1, 0.15) is 11.9 Å². The van der Waals surface area contributed by atoms with Gasteiger partial charge in [-0.25, -0.2) is 4.79 Å². The van der Waals surface area contributed by atoms with Crippen LogP contribution in [0.2, 0.25) is 0 Å². The highest BCUT2D eigenvalue weighted by atomic mass is 16.5. The minimum absolute atomic E-state index is 0.311. The lowest BCUT2D eigenvalue weighted by atomic mass is 9.98. The van der Waals surface area contributed by atoms with Crippen LogP contribution in [0.15, 0.2) is 64.2 Å². The zero-order valence-electron chi connectivity index (χ0n) is 19.5. The van der Waals surface area contributed by atoms with E-state index in [1.807, 2.05) is 54.6 Å². The molecule has 0 saturated heterocycles. The van der Waals surface area contributed by atoms with Crippen LogP contribution in [-0.4, -0.2) is 27.4 Å². The van der Waals surface area contributed by atoms with E-state index in [2.05, 4.69) is 18.4 Å². The summed E-state index contributed by atoms with van der Waals surface area (Å²) in [5, 5.41) is 0.521. The van der Waals surface area contributed by atoms with Gasteiger partial charge in [0.05, 0.1) is 41.5 Å². The van der Waals surface area contributed by atoms with Gasteiger partial charge in [-0.2, -0.15) is 0 Å². The highest BCUT2D eigenvalue weighted by Crippen LogP contribution is 2.45.